The Morgan fingerprint density at radius 1 is 1.03 bits per heavy atom. The molecule has 3 rings (SSSR count). The second kappa shape index (κ2) is 10.8. The Labute approximate surface area is 185 Å². The first kappa shape index (κ1) is 21.8. The first-order chi connectivity index (χ1) is 14.2. The molecule has 29 heavy (non-hydrogen) atoms. The smallest absolute Gasteiger partial charge is 0.229 e. The molecule has 1 heterocycles. The monoisotopic (exact) mass is 506 g/mol. The minimum Gasteiger partial charge on any atom is -0.361 e. The summed E-state index contributed by atoms with van der Waals surface area (Å²) < 4.78 is 14.3. The number of carbonyl (C=O) groups excluding carboxylic acids is 1. The van der Waals surface area contributed by atoms with E-state index in [9.17, 15) is 4.79 Å². The lowest BCUT2D eigenvalue weighted by molar-refractivity contribution is -0.119. The highest BCUT2D eigenvalue weighted by Crippen LogP contribution is 2.25. The van der Waals surface area contributed by atoms with Crippen LogP contribution in [0.15, 0.2) is 54.7 Å². The number of halogens is 1. The zero-order valence-electron chi connectivity index (χ0n) is 16.9. The Morgan fingerprint density at radius 2 is 1.76 bits per heavy atom. The quantitative estimate of drug-likeness (QED) is 0.281. The maximum atomic E-state index is 13.1. The van der Waals surface area contributed by atoms with E-state index in [1.54, 1.807) is 4.90 Å². The Hall–Kier alpha value is -1.90. The number of nitrogens with zero attached hydrogens (tertiary/aromatic N) is 2. The van der Waals surface area contributed by atoms with Crippen LogP contribution in [0.3, 0.4) is 0 Å². The molecule has 0 radical (unpaired) electrons. The summed E-state index contributed by atoms with van der Waals surface area (Å²) in [5.41, 5.74) is 3.19. The number of fused-ring (bicyclic) bond motifs is 1. The Bertz CT molecular complexity index is 954. The standard InChI is InChI=1S/C23H27IN2O3/c1-3-28-16-25-15-18(19-9-5-7-11-21(19)25)13-14-23(27)26(17-29-4-2)22-12-8-6-10-20(22)24/h5-12,15H,3-4,13-14,16-17H2,1-2H3. The largest absolute Gasteiger partial charge is 0.361 e. The van der Waals surface area contributed by atoms with Crippen molar-refractivity contribution >= 4 is 45.1 Å². The maximum absolute atomic E-state index is 13.1. The van der Waals surface area contributed by atoms with E-state index in [0.29, 0.717) is 32.8 Å². The number of carbonyl (C=O) groups is 1. The molecule has 154 valence electrons. The summed E-state index contributed by atoms with van der Waals surface area (Å²) in [5, 5.41) is 1.17. The molecule has 1 amide bonds. The highest BCUT2D eigenvalue weighted by Gasteiger charge is 2.19. The molecule has 1 aromatic heterocycles. The van der Waals surface area contributed by atoms with Gasteiger partial charge in [0.15, 0.2) is 0 Å². The number of benzene rings is 2. The highest BCUT2D eigenvalue weighted by molar-refractivity contribution is 14.1. The molecule has 0 aliphatic heterocycles. The fraction of sp³-hybridized carbons (Fsp3) is 0.348. The first-order valence-corrected chi connectivity index (χ1v) is 11.0. The number of hydrogen-bond donors (Lipinski definition) is 0. The summed E-state index contributed by atoms with van der Waals surface area (Å²) in [4.78, 5) is 14.8. The SMILES string of the molecule is CCOCN(C(=O)CCc1cn(COCC)c2ccccc12)c1ccccc1I. The molecular formula is C23H27IN2O3. The van der Waals surface area contributed by atoms with Gasteiger partial charge in [-0.15, -0.1) is 0 Å². The first-order valence-electron chi connectivity index (χ1n) is 9.92. The van der Waals surface area contributed by atoms with E-state index >= 15 is 0 Å². The van der Waals surface area contributed by atoms with Crippen LogP contribution < -0.4 is 4.90 Å². The van der Waals surface area contributed by atoms with E-state index in [4.69, 9.17) is 9.47 Å². The van der Waals surface area contributed by atoms with Crippen molar-refractivity contribution in [3.8, 4) is 0 Å². The van der Waals surface area contributed by atoms with Crippen LogP contribution in [0, 0.1) is 3.57 Å². The summed E-state index contributed by atoms with van der Waals surface area (Å²) in [6.45, 7) is 5.95. The number of rotatable bonds is 10. The fourth-order valence-corrected chi connectivity index (χ4v) is 4.00. The lowest BCUT2D eigenvalue weighted by Gasteiger charge is -2.23. The topological polar surface area (TPSA) is 43.7 Å². The van der Waals surface area contributed by atoms with Crippen molar-refractivity contribution < 1.29 is 14.3 Å². The number of ether oxygens (including phenoxy) is 2. The summed E-state index contributed by atoms with van der Waals surface area (Å²) in [6, 6.07) is 16.2. The third-order valence-corrected chi connectivity index (χ3v) is 5.69. The second-order valence-corrected chi connectivity index (χ2v) is 7.82. The molecule has 0 fully saturated rings. The Balaban J connectivity index is 1.78. The summed E-state index contributed by atoms with van der Waals surface area (Å²) in [6.07, 6.45) is 3.19. The summed E-state index contributed by atoms with van der Waals surface area (Å²) >= 11 is 2.26. The van der Waals surface area contributed by atoms with Crippen LogP contribution >= 0.6 is 22.6 Å². The zero-order chi connectivity index (χ0) is 20.6. The average Bonchev–Trinajstić information content (AvgIpc) is 3.10. The molecule has 0 spiro atoms. The van der Waals surface area contributed by atoms with Crippen LogP contribution in [0.4, 0.5) is 5.69 Å². The molecule has 3 aromatic rings. The van der Waals surface area contributed by atoms with E-state index in [2.05, 4.69) is 45.5 Å². The Kier molecular flexibility index (Phi) is 8.09. The van der Waals surface area contributed by atoms with Crippen LogP contribution in [0.25, 0.3) is 10.9 Å². The molecular weight excluding hydrogens is 479 g/mol. The molecule has 5 nitrogen and oxygen atoms in total. The number of para-hydroxylation sites is 2. The molecule has 0 bridgehead atoms. The van der Waals surface area contributed by atoms with Crippen molar-refractivity contribution in [1.82, 2.24) is 4.57 Å². The minimum atomic E-state index is 0.0594. The van der Waals surface area contributed by atoms with Crippen LogP contribution in [0.1, 0.15) is 25.8 Å². The normalized spacial score (nSPS) is 11.1. The van der Waals surface area contributed by atoms with Gasteiger partial charge >= 0.3 is 0 Å². The van der Waals surface area contributed by atoms with Gasteiger partial charge in [0.1, 0.15) is 13.5 Å². The van der Waals surface area contributed by atoms with Crippen molar-refractivity contribution in [3.05, 3.63) is 63.9 Å². The number of aryl methyl sites for hydroxylation is 1. The molecule has 0 atom stereocenters. The van der Waals surface area contributed by atoms with Gasteiger partial charge < -0.3 is 14.0 Å². The molecule has 0 aliphatic carbocycles. The third kappa shape index (κ3) is 5.38. The van der Waals surface area contributed by atoms with Crippen molar-refractivity contribution in [1.29, 1.82) is 0 Å². The van der Waals surface area contributed by atoms with Crippen molar-refractivity contribution in [3.63, 3.8) is 0 Å². The lowest BCUT2D eigenvalue weighted by Crippen LogP contribution is -2.34. The maximum Gasteiger partial charge on any atom is 0.229 e. The van der Waals surface area contributed by atoms with Gasteiger partial charge in [0.05, 0.1) is 11.2 Å². The highest BCUT2D eigenvalue weighted by atomic mass is 127. The molecule has 0 saturated heterocycles. The van der Waals surface area contributed by atoms with E-state index < -0.39 is 0 Å². The van der Waals surface area contributed by atoms with Gasteiger partial charge in [-0.25, -0.2) is 0 Å². The van der Waals surface area contributed by atoms with E-state index in [-0.39, 0.29) is 12.6 Å². The zero-order valence-corrected chi connectivity index (χ0v) is 19.1. The number of amides is 1. The van der Waals surface area contributed by atoms with Gasteiger partial charge in [0, 0.05) is 34.8 Å². The van der Waals surface area contributed by atoms with Crippen LogP contribution in [0.2, 0.25) is 0 Å². The summed E-state index contributed by atoms with van der Waals surface area (Å²) in [5.74, 6) is 0.0594. The van der Waals surface area contributed by atoms with Crippen molar-refractivity contribution in [2.45, 2.75) is 33.4 Å². The fourth-order valence-electron chi connectivity index (χ4n) is 3.32. The van der Waals surface area contributed by atoms with Gasteiger partial charge in [0.2, 0.25) is 5.91 Å². The lowest BCUT2D eigenvalue weighted by atomic mass is 10.1. The third-order valence-electron chi connectivity index (χ3n) is 4.78. The van der Waals surface area contributed by atoms with Crippen LogP contribution in [-0.4, -0.2) is 30.4 Å². The Morgan fingerprint density at radius 3 is 2.52 bits per heavy atom. The molecule has 2 aromatic carbocycles. The number of aromatic nitrogens is 1. The van der Waals surface area contributed by atoms with Crippen LogP contribution in [0.5, 0.6) is 0 Å². The van der Waals surface area contributed by atoms with Gasteiger partial charge in [0.25, 0.3) is 0 Å². The van der Waals surface area contributed by atoms with Gasteiger partial charge in [-0.05, 0) is 66.6 Å². The van der Waals surface area contributed by atoms with Crippen LogP contribution in [-0.2, 0) is 27.4 Å². The van der Waals surface area contributed by atoms with Crippen molar-refractivity contribution in [2.75, 3.05) is 24.8 Å². The number of anilines is 1. The van der Waals surface area contributed by atoms with Crippen molar-refractivity contribution in [2.24, 2.45) is 0 Å². The molecule has 0 N–H and O–H groups in total. The molecule has 6 heteroatoms. The van der Waals surface area contributed by atoms with Gasteiger partial charge in [-0.3, -0.25) is 9.69 Å². The van der Waals surface area contributed by atoms with E-state index in [1.807, 2.05) is 50.2 Å². The predicted molar refractivity (Wildman–Crippen MR) is 125 cm³/mol. The molecule has 0 unspecified atom stereocenters. The number of hydrogen-bond acceptors (Lipinski definition) is 3. The van der Waals surface area contributed by atoms with E-state index in [1.165, 1.54) is 5.39 Å². The molecule has 0 saturated carbocycles. The molecule has 0 aliphatic rings. The van der Waals surface area contributed by atoms with Gasteiger partial charge in [-0.2, -0.15) is 0 Å². The average molecular weight is 506 g/mol. The predicted octanol–water partition coefficient (Wildman–Crippen LogP) is 5.20. The summed E-state index contributed by atoms with van der Waals surface area (Å²) in [7, 11) is 0. The van der Waals surface area contributed by atoms with Gasteiger partial charge in [-0.1, -0.05) is 30.3 Å². The van der Waals surface area contributed by atoms with E-state index in [0.717, 1.165) is 20.3 Å². The minimum absolute atomic E-state index is 0.0594. The second-order valence-electron chi connectivity index (χ2n) is 6.66.